The molecule has 0 N–H and O–H groups in total. The molecule has 5 nitrogen and oxygen atoms in total. The van der Waals surface area contributed by atoms with Gasteiger partial charge in [-0.1, -0.05) is 23.4 Å². The molecule has 0 fully saturated rings. The number of hydrogen-bond donors (Lipinski definition) is 0. The quantitative estimate of drug-likeness (QED) is 0.676. The molecular weight excluding hydrogens is 277 g/mol. The first-order valence-corrected chi connectivity index (χ1v) is 6.06. The molecule has 0 aliphatic rings. The van der Waals surface area contributed by atoms with Crippen LogP contribution in [0, 0.1) is 5.95 Å². The van der Waals surface area contributed by atoms with Crippen molar-refractivity contribution in [1.82, 2.24) is 24.6 Å². The third-order valence-corrected chi connectivity index (χ3v) is 3.75. The minimum absolute atomic E-state index is 0.0102. The van der Waals surface area contributed by atoms with Gasteiger partial charge in [0.1, 0.15) is 17.7 Å². The summed E-state index contributed by atoms with van der Waals surface area (Å²) in [7, 11) is 0. The van der Waals surface area contributed by atoms with Crippen LogP contribution >= 0.6 is 23.4 Å². The molecule has 0 atom stereocenters. The van der Waals surface area contributed by atoms with E-state index >= 15 is 0 Å². The van der Waals surface area contributed by atoms with Gasteiger partial charge in [0.15, 0.2) is 5.65 Å². The molecule has 8 heteroatoms. The molecule has 0 radical (unpaired) electrons. The van der Waals surface area contributed by atoms with Crippen LogP contribution in [0.1, 0.15) is 0 Å². The Kier molecular flexibility index (Phi) is 2.85. The van der Waals surface area contributed by atoms with Gasteiger partial charge in [0, 0.05) is 17.3 Å². The van der Waals surface area contributed by atoms with Crippen molar-refractivity contribution in [1.29, 1.82) is 0 Å². The predicted octanol–water partition coefficient (Wildman–Crippen LogP) is 2.46. The number of pyridine rings is 1. The predicted molar refractivity (Wildman–Crippen MR) is 64.1 cm³/mol. The normalized spacial score (nSPS) is 11.0. The average molecular weight is 282 g/mol. The summed E-state index contributed by atoms with van der Waals surface area (Å²) in [6, 6.07) is 1.63. The van der Waals surface area contributed by atoms with Gasteiger partial charge in [-0.2, -0.15) is 4.39 Å². The SMILES string of the molecule is Fc1nccc(Sc2cncn3cnnc23)c1Cl. The summed E-state index contributed by atoms with van der Waals surface area (Å²) in [6.45, 7) is 0. The standard InChI is InChI=1S/C10H5ClFN5S/c11-8-6(1-2-14-9(8)12)18-7-3-13-4-17-5-15-16-10(7)17/h1-5H. The second-order valence-corrected chi connectivity index (χ2v) is 4.80. The van der Waals surface area contributed by atoms with E-state index in [0.717, 1.165) is 4.90 Å². The van der Waals surface area contributed by atoms with Crippen molar-refractivity contribution in [3.8, 4) is 0 Å². The summed E-state index contributed by atoms with van der Waals surface area (Å²) in [6.07, 6.45) is 6.12. The van der Waals surface area contributed by atoms with Gasteiger partial charge in [-0.3, -0.25) is 4.40 Å². The van der Waals surface area contributed by atoms with E-state index in [4.69, 9.17) is 11.6 Å². The van der Waals surface area contributed by atoms with Crippen LogP contribution in [-0.4, -0.2) is 24.6 Å². The van der Waals surface area contributed by atoms with Crippen molar-refractivity contribution in [2.24, 2.45) is 0 Å². The first-order valence-electron chi connectivity index (χ1n) is 4.87. The Bertz CT molecular complexity index is 716. The highest BCUT2D eigenvalue weighted by atomic mass is 35.5. The summed E-state index contributed by atoms with van der Waals surface area (Å²) in [5, 5.41) is 7.74. The van der Waals surface area contributed by atoms with Gasteiger partial charge < -0.3 is 0 Å². The third-order valence-electron chi connectivity index (χ3n) is 2.21. The molecule has 3 aromatic rings. The van der Waals surface area contributed by atoms with Crippen LogP contribution < -0.4 is 0 Å². The van der Waals surface area contributed by atoms with E-state index in [0.29, 0.717) is 10.5 Å². The lowest BCUT2D eigenvalue weighted by molar-refractivity contribution is 0.580. The Balaban J connectivity index is 2.06. The van der Waals surface area contributed by atoms with E-state index in [2.05, 4.69) is 20.2 Å². The molecule has 3 aromatic heterocycles. The zero-order valence-electron chi connectivity index (χ0n) is 8.79. The first kappa shape index (κ1) is 11.4. The molecule has 0 bridgehead atoms. The molecular formula is C10H5ClFN5S. The van der Waals surface area contributed by atoms with Gasteiger partial charge in [-0.25, -0.2) is 9.97 Å². The van der Waals surface area contributed by atoms with Crippen molar-refractivity contribution in [3.05, 3.63) is 42.1 Å². The maximum atomic E-state index is 13.2. The maximum absolute atomic E-state index is 13.2. The van der Waals surface area contributed by atoms with E-state index in [1.54, 1.807) is 29.3 Å². The van der Waals surface area contributed by atoms with E-state index in [-0.39, 0.29) is 5.02 Å². The Labute approximate surface area is 110 Å². The lowest BCUT2D eigenvalue weighted by Crippen LogP contribution is -1.90. The molecule has 0 unspecified atom stereocenters. The van der Waals surface area contributed by atoms with Crippen LogP contribution in [0.4, 0.5) is 4.39 Å². The smallest absolute Gasteiger partial charge is 0.232 e. The first-order chi connectivity index (χ1) is 8.75. The topological polar surface area (TPSA) is 56.0 Å². The zero-order valence-corrected chi connectivity index (χ0v) is 10.4. The highest BCUT2D eigenvalue weighted by Gasteiger charge is 2.11. The zero-order chi connectivity index (χ0) is 12.5. The summed E-state index contributed by atoms with van der Waals surface area (Å²) in [4.78, 5) is 8.81. The van der Waals surface area contributed by atoms with Crippen molar-refractivity contribution in [3.63, 3.8) is 0 Å². The maximum Gasteiger partial charge on any atom is 0.232 e. The monoisotopic (exact) mass is 281 g/mol. The van der Waals surface area contributed by atoms with Gasteiger partial charge in [0.05, 0.1) is 4.90 Å². The Morgan fingerprint density at radius 3 is 3.06 bits per heavy atom. The Morgan fingerprint density at radius 1 is 1.28 bits per heavy atom. The molecule has 0 saturated heterocycles. The molecule has 90 valence electrons. The lowest BCUT2D eigenvalue weighted by atomic mass is 10.5. The summed E-state index contributed by atoms with van der Waals surface area (Å²) >= 11 is 7.11. The van der Waals surface area contributed by atoms with Gasteiger partial charge in [0.2, 0.25) is 5.95 Å². The van der Waals surface area contributed by atoms with Crippen LogP contribution in [-0.2, 0) is 0 Å². The minimum Gasteiger partial charge on any atom is -0.271 e. The highest BCUT2D eigenvalue weighted by molar-refractivity contribution is 7.99. The van der Waals surface area contributed by atoms with E-state index < -0.39 is 5.95 Å². The molecule has 3 heterocycles. The van der Waals surface area contributed by atoms with Crippen LogP contribution in [0.5, 0.6) is 0 Å². The van der Waals surface area contributed by atoms with Crippen LogP contribution in [0.25, 0.3) is 5.65 Å². The van der Waals surface area contributed by atoms with Gasteiger partial charge in [-0.15, -0.1) is 10.2 Å². The van der Waals surface area contributed by atoms with E-state index in [9.17, 15) is 4.39 Å². The second kappa shape index (κ2) is 4.51. The number of rotatable bonds is 2. The molecule has 18 heavy (non-hydrogen) atoms. The lowest BCUT2D eigenvalue weighted by Gasteiger charge is -2.04. The largest absolute Gasteiger partial charge is 0.271 e. The van der Waals surface area contributed by atoms with Crippen molar-refractivity contribution in [2.75, 3.05) is 0 Å². The molecule has 0 aliphatic carbocycles. The van der Waals surface area contributed by atoms with Crippen LogP contribution in [0.15, 0.2) is 40.9 Å². The average Bonchev–Trinajstić information content (AvgIpc) is 2.84. The molecule has 0 spiro atoms. The van der Waals surface area contributed by atoms with Gasteiger partial charge in [-0.05, 0) is 6.07 Å². The second-order valence-electron chi connectivity index (χ2n) is 3.34. The van der Waals surface area contributed by atoms with Crippen molar-refractivity contribution in [2.45, 2.75) is 9.79 Å². The summed E-state index contributed by atoms with van der Waals surface area (Å²) < 4.78 is 14.9. The number of nitrogens with zero attached hydrogens (tertiary/aromatic N) is 5. The third kappa shape index (κ3) is 1.91. The fraction of sp³-hybridized carbons (Fsp3) is 0. The number of halogens is 2. The van der Waals surface area contributed by atoms with Gasteiger partial charge in [0.25, 0.3) is 0 Å². The Morgan fingerprint density at radius 2 is 2.17 bits per heavy atom. The van der Waals surface area contributed by atoms with Crippen molar-refractivity contribution < 1.29 is 4.39 Å². The van der Waals surface area contributed by atoms with E-state index in [1.165, 1.54) is 18.0 Å². The summed E-state index contributed by atoms with van der Waals surface area (Å²) in [5.74, 6) is -0.692. The van der Waals surface area contributed by atoms with Crippen molar-refractivity contribution >= 4 is 29.0 Å². The molecule has 0 aromatic carbocycles. The molecule has 0 aliphatic heterocycles. The fourth-order valence-corrected chi connectivity index (χ4v) is 2.52. The Hall–Kier alpha value is -1.73. The molecule has 3 rings (SSSR count). The number of hydrogen-bond acceptors (Lipinski definition) is 5. The molecule has 0 saturated carbocycles. The number of aromatic nitrogens is 5. The number of fused-ring (bicyclic) bond motifs is 1. The van der Waals surface area contributed by atoms with Crippen LogP contribution in [0.3, 0.4) is 0 Å². The molecule has 0 amide bonds. The fourth-order valence-electron chi connectivity index (χ4n) is 1.41. The van der Waals surface area contributed by atoms with Crippen LogP contribution in [0.2, 0.25) is 5.02 Å². The van der Waals surface area contributed by atoms with E-state index in [1.807, 2.05) is 0 Å². The van der Waals surface area contributed by atoms with Gasteiger partial charge >= 0.3 is 0 Å². The minimum atomic E-state index is -0.692. The highest BCUT2D eigenvalue weighted by Crippen LogP contribution is 2.34. The summed E-state index contributed by atoms with van der Waals surface area (Å²) in [5.41, 5.74) is 0.642.